The Hall–Kier alpha value is -1.35. The summed E-state index contributed by atoms with van der Waals surface area (Å²) in [4.78, 5) is 11.7. The predicted octanol–water partition coefficient (Wildman–Crippen LogP) is 2.57. The van der Waals surface area contributed by atoms with E-state index in [1.54, 1.807) is 0 Å². The number of rotatable bonds is 5. The van der Waals surface area contributed by atoms with Gasteiger partial charge in [-0.15, -0.1) is 0 Å². The Bertz CT molecular complexity index is 357. The predicted molar refractivity (Wildman–Crippen MR) is 72.1 cm³/mol. The van der Waals surface area contributed by atoms with Crippen LogP contribution in [0.15, 0.2) is 24.3 Å². The van der Waals surface area contributed by atoms with Crippen LogP contribution in [0.2, 0.25) is 0 Å². The maximum absolute atomic E-state index is 11.7. The van der Waals surface area contributed by atoms with Crippen LogP contribution >= 0.6 is 0 Å². The normalized spacial score (nSPS) is 12.5. The van der Waals surface area contributed by atoms with E-state index in [-0.39, 0.29) is 5.91 Å². The van der Waals surface area contributed by atoms with Crippen molar-refractivity contribution in [2.75, 3.05) is 11.9 Å². The molecule has 0 radical (unpaired) electrons. The second-order valence-corrected chi connectivity index (χ2v) is 4.83. The van der Waals surface area contributed by atoms with Crippen LogP contribution in [0.5, 0.6) is 0 Å². The number of carbonyl (C=O) groups is 1. The minimum Gasteiger partial charge on any atom is -0.325 e. The van der Waals surface area contributed by atoms with Crippen molar-refractivity contribution in [2.24, 2.45) is 5.92 Å². The third kappa shape index (κ3) is 5.00. The largest absolute Gasteiger partial charge is 0.325 e. The highest BCUT2D eigenvalue weighted by atomic mass is 16.1. The molecule has 0 saturated carbocycles. The first-order chi connectivity index (χ1) is 7.99. The first-order valence-electron chi connectivity index (χ1n) is 6.09. The summed E-state index contributed by atoms with van der Waals surface area (Å²) in [5.74, 6) is 0.531. The van der Waals surface area contributed by atoms with Gasteiger partial charge in [0.1, 0.15) is 0 Å². The maximum atomic E-state index is 11.7. The van der Waals surface area contributed by atoms with E-state index in [2.05, 4.69) is 31.4 Å². The van der Waals surface area contributed by atoms with E-state index in [9.17, 15) is 4.79 Å². The van der Waals surface area contributed by atoms with Crippen molar-refractivity contribution in [1.82, 2.24) is 5.32 Å². The zero-order valence-electron chi connectivity index (χ0n) is 11.1. The molecule has 1 amide bonds. The van der Waals surface area contributed by atoms with Crippen molar-refractivity contribution in [1.29, 1.82) is 0 Å². The van der Waals surface area contributed by atoms with Gasteiger partial charge in [0.25, 0.3) is 0 Å². The van der Waals surface area contributed by atoms with Gasteiger partial charge >= 0.3 is 0 Å². The van der Waals surface area contributed by atoms with Crippen LogP contribution in [-0.4, -0.2) is 18.5 Å². The Kier molecular flexibility index (Phi) is 5.16. The highest BCUT2D eigenvalue weighted by Gasteiger charge is 2.08. The molecule has 0 heterocycles. The quantitative estimate of drug-likeness (QED) is 0.822. The van der Waals surface area contributed by atoms with E-state index in [4.69, 9.17) is 0 Å². The summed E-state index contributed by atoms with van der Waals surface area (Å²) >= 11 is 0. The SMILES string of the molecule is Cc1ccc(NC(=O)CNC(C)C(C)C)cc1. The van der Waals surface area contributed by atoms with Crippen LogP contribution in [0.3, 0.4) is 0 Å². The van der Waals surface area contributed by atoms with Gasteiger partial charge in [0.2, 0.25) is 5.91 Å². The standard InChI is InChI=1S/C14H22N2O/c1-10(2)12(4)15-9-14(17)16-13-7-5-11(3)6-8-13/h5-8,10,12,15H,9H2,1-4H3,(H,16,17). The zero-order valence-corrected chi connectivity index (χ0v) is 11.1. The molecule has 0 aromatic heterocycles. The van der Waals surface area contributed by atoms with E-state index < -0.39 is 0 Å². The van der Waals surface area contributed by atoms with Crippen molar-refractivity contribution in [3.05, 3.63) is 29.8 Å². The lowest BCUT2D eigenvalue weighted by Gasteiger charge is -2.17. The molecule has 0 aliphatic carbocycles. The second kappa shape index (κ2) is 6.40. The molecular formula is C14H22N2O. The molecule has 0 bridgehead atoms. The molecule has 1 aromatic rings. The van der Waals surface area contributed by atoms with Crippen LogP contribution < -0.4 is 10.6 Å². The summed E-state index contributed by atoms with van der Waals surface area (Å²) in [6.07, 6.45) is 0. The fourth-order valence-corrected chi connectivity index (χ4v) is 1.33. The van der Waals surface area contributed by atoms with Crippen LogP contribution in [0.25, 0.3) is 0 Å². The molecule has 17 heavy (non-hydrogen) atoms. The number of hydrogen-bond acceptors (Lipinski definition) is 2. The molecule has 0 saturated heterocycles. The molecule has 0 aliphatic rings. The molecule has 0 spiro atoms. The highest BCUT2D eigenvalue weighted by Crippen LogP contribution is 2.08. The lowest BCUT2D eigenvalue weighted by atomic mass is 10.1. The number of benzene rings is 1. The molecule has 94 valence electrons. The average Bonchev–Trinajstić information content (AvgIpc) is 2.29. The third-order valence-corrected chi connectivity index (χ3v) is 2.92. The number of hydrogen-bond donors (Lipinski definition) is 2. The minimum atomic E-state index is 0.00125. The van der Waals surface area contributed by atoms with Crippen molar-refractivity contribution >= 4 is 11.6 Å². The van der Waals surface area contributed by atoms with Crippen molar-refractivity contribution in [3.63, 3.8) is 0 Å². The van der Waals surface area contributed by atoms with Crippen LogP contribution in [0, 0.1) is 12.8 Å². The lowest BCUT2D eigenvalue weighted by Crippen LogP contribution is -2.37. The molecule has 0 aliphatic heterocycles. The number of nitrogens with one attached hydrogen (secondary N) is 2. The number of aryl methyl sites for hydroxylation is 1. The van der Waals surface area contributed by atoms with Crippen molar-refractivity contribution < 1.29 is 4.79 Å². The van der Waals surface area contributed by atoms with Gasteiger partial charge in [-0.3, -0.25) is 4.79 Å². The summed E-state index contributed by atoms with van der Waals surface area (Å²) in [5, 5.41) is 6.06. The minimum absolute atomic E-state index is 0.00125. The Balaban J connectivity index is 2.37. The van der Waals surface area contributed by atoms with Crippen LogP contribution in [-0.2, 0) is 4.79 Å². The molecule has 0 fully saturated rings. The lowest BCUT2D eigenvalue weighted by molar-refractivity contribution is -0.115. The number of amides is 1. The van der Waals surface area contributed by atoms with Gasteiger partial charge in [-0.25, -0.2) is 0 Å². The zero-order chi connectivity index (χ0) is 12.8. The summed E-state index contributed by atoms with van der Waals surface area (Å²) in [7, 11) is 0. The van der Waals surface area contributed by atoms with Gasteiger partial charge in [-0.05, 0) is 31.9 Å². The summed E-state index contributed by atoms with van der Waals surface area (Å²) in [6, 6.07) is 8.15. The average molecular weight is 234 g/mol. The molecular weight excluding hydrogens is 212 g/mol. The first-order valence-corrected chi connectivity index (χ1v) is 6.09. The molecule has 1 atom stereocenters. The van der Waals surface area contributed by atoms with Crippen LogP contribution in [0.1, 0.15) is 26.3 Å². The number of carbonyl (C=O) groups excluding carboxylic acids is 1. The van der Waals surface area contributed by atoms with Gasteiger partial charge in [0.05, 0.1) is 6.54 Å². The third-order valence-electron chi connectivity index (χ3n) is 2.92. The van der Waals surface area contributed by atoms with E-state index in [1.807, 2.05) is 31.2 Å². The van der Waals surface area contributed by atoms with Crippen molar-refractivity contribution in [2.45, 2.75) is 33.7 Å². The maximum Gasteiger partial charge on any atom is 0.238 e. The molecule has 1 aromatic carbocycles. The summed E-state index contributed by atoms with van der Waals surface area (Å²) in [5.41, 5.74) is 2.04. The molecule has 3 heteroatoms. The Morgan fingerprint density at radius 3 is 2.29 bits per heavy atom. The Morgan fingerprint density at radius 1 is 1.18 bits per heavy atom. The fraction of sp³-hybridized carbons (Fsp3) is 0.500. The fourth-order valence-electron chi connectivity index (χ4n) is 1.33. The highest BCUT2D eigenvalue weighted by molar-refractivity contribution is 5.92. The number of anilines is 1. The summed E-state index contributed by atoms with van der Waals surface area (Å²) < 4.78 is 0. The molecule has 1 unspecified atom stereocenters. The second-order valence-electron chi connectivity index (χ2n) is 4.83. The van der Waals surface area contributed by atoms with Crippen molar-refractivity contribution in [3.8, 4) is 0 Å². The smallest absolute Gasteiger partial charge is 0.238 e. The summed E-state index contributed by atoms with van der Waals surface area (Å²) in [6.45, 7) is 8.74. The van der Waals surface area contributed by atoms with Gasteiger partial charge in [-0.2, -0.15) is 0 Å². The Morgan fingerprint density at radius 2 is 1.76 bits per heavy atom. The molecule has 1 rings (SSSR count). The monoisotopic (exact) mass is 234 g/mol. The van der Waals surface area contributed by atoms with Gasteiger partial charge in [0, 0.05) is 11.7 Å². The van der Waals surface area contributed by atoms with Crippen LogP contribution in [0.4, 0.5) is 5.69 Å². The molecule has 2 N–H and O–H groups in total. The topological polar surface area (TPSA) is 41.1 Å². The van der Waals surface area contributed by atoms with E-state index in [1.165, 1.54) is 5.56 Å². The van der Waals surface area contributed by atoms with Gasteiger partial charge in [-0.1, -0.05) is 31.5 Å². The van der Waals surface area contributed by atoms with Gasteiger partial charge in [0.15, 0.2) is 0 Å². The van der Waals surface area contributed by atoms with E-state index in [0.29, 0.717) is 18.5 Å². The first kappa shape index (κ1) is 13.7. The van der Waals surface area contributed by atoms with E-state index in [0.717, 1.165) is 5.69 Å². The Labute approximate surface area is 104 Å². The van der Waals surface area contributed by atoms with Gasteiger partial charge < -0.3 is 10.6 Å². The van der Waals surface area contributed by atoms with E-state index >= 15 is 0 Å². The molecule has 3 nitrogen and oxygen atoms in total.